The Morgan fingerprint density at radius 3 is 1.94 bits per heavy atom. The van der Waals surface area contributed by atoms with Gasteiger partial charge in [0.15, 0.2) is 0 Å². The molecule has 1 N–H and O–H groups in total. The molecule has 1 saturated carbocycles. The number of ether oxygens (including phenoxy) is 2. The second kappa shape index (κ2) is 9.64. The Bertz CT molecular complexity index is 951. The highest BCUT2D eigenvalue weighted by Crippen LogP contribution is 2.50. The zero-order valence-corrected chi connectivity index (χ0v) is 19.0. The summed E-state index contributed by atoms with van der Waals surface area (Å²) >= 11 is 0. The first kappa shape index (κ1) is 22.1. The summed E-state index contributed by atoms with van der Waals surface area (Å²) in [5.41, 5.74) is 2.27. The molecule has 0 spiro atoms. The predicted molar refractivity (Wildman–Crippen MR) is 131 cm³/mol. The van der Waals surface area contributed by atoms with Gasteiger partial charge in [0.1, 0.15) is 17.3 Å². The third-order valence-electron chi connectivity index (χ3n) is 7.10. The molecule has 3 heteroatoms. The molecule has 3 nitrogen and oxygen atoms in total. The Morgan fingerprint density at radius 2 is 1.42 bits per heavy atom. The molecule has 5 rings (SSSR count). The van der Waals surface area contributed by atoms with Gasteiger partial charge in [-0.25, -0.2) is 0 Å². The number of aliphatic hydroxyl groups is 1. The van der Waals surface area contributed by atoms with E-state index in [1.807, 2.05) is 30.4 Å². The van der Waals surface area contributed by atoms with Crippen LogP contribution in [-0.2, 0) is 15.1 Å². The van der Waals surface area contributed by atoms with Crippen LogP contribution in [0.1, 0.15) is 48.8 Å². The van der Waals surface area contributed by atoms with Gasteiger partial charge in [-0.2, -0.15) is 0 Å². The van der Waals surface area contributed by atoms with Crippen molar-refractivity contribution in [2.75, 3.05) is 6.61 Å². The van der Waals surface area contributed by atoms with Crippen LogP contribution < -0.4 is 0 Å². The van der Waals surface area contributed by atoms with E-state index in [1.54, 1.807) is 0 Å². The predicted octanol–water partition coefficient (Wildman–Crippen LogP) is 6.01. The highest BCUT2D eigenvalue weighted by molar-refractivity contribution is 5.47. The fraction of sp³-hybridized carbons (Fsp3) is 0.333. The minimum absolute atomic E-state index is 0.240. The highest BCUT2D eigenvalue weighted by atomic mass is 16.6. The van der Waals surface area contributed by atoms with Gasteiger partial charge >= 0.3 is 0 Å². The standard InChI is InChI=1S/C30H32O3/c31-27(29-22-12-10-21-28(29)33-29)20-11-13-23-32-30(24-14-4-1-5-15-24,25-16-6-2-7-17-25)26-18-8-3-9-19-26/h1-9,11,14-20,27-28,31H,10,12-13,21-23H2/b20-11+/t27-,28?,29-/m0/s1. The molecule has 1 heterocycles. The lowest BCUT2D eigenvalue weighted by atomic mass is 9.80. The Hall–Kier alpha value is -2.72. The van der Waals surface area contributed by atoms with Crippen molar-refractivity contribution < 1.29 is 14.6 Å². The van der Waals surface area contributed by atoms with Crippen LogP contribution in [0.3, 0.4) is 0 Å². The molecule has 33 heavy (non-hydrogen) atoms. The van der Waals surface area contributed by atoms with E-state index in [0.717, 1.165) is 36.0 Å². The van der Waals surface area contributed by atoms with Crippen molar-refractivity contribution in [3.63, 3.8) is 0 Å². The van der Waals surface area contributed by atoms with Crippen LogP contribution in [0.4, 0.5) is 0 Å². The van der Waals surface area contributed by atoms with E-state index in [0.29, 0.717) is 13.0 Å². The molecule has 1 aliphatic heterocycles. The number of fused-ring (bicyclic) bond motifs is 1. The molecule has 2 fully saturated rings. The quantitative estimate of drug-likeness (QED) is 0.192. The van der Waals surface area contributed by atoms with Crippen LogP contribution in [0.2, 0.25) is 0 Å². The molecule has 3 aromatic rings. The second-order valence-corrected chi connectivity index (χ2v) is 9.10. The molecule has 1 aliphatic carbocycles. The first-order valence-electron chi connectivity index (χ1n) is 12.1. The number of hydrogen-bond acceptors (Lipinski definition) is 3. The fourth-order valence-corrected chi connectivity index (χ4v) is 5.33. The van der Waals surface area contributed by atoms with Crippen LogP contribution in [0.5, 0.6) is 0 Å². The lowest BCUT2D eigenvalue weighted by Crippen LogP contribution is -2.33. The number of hydrogen-bond donors (Lipinski definition) is 1. The lowest BCUT2D eigenvalue weighted by molar-refractivity contribution is 0.0155. The maximum atomic E-state index is 10.7. The molecule has 0 bridgehead atoms. The molecular formula is C30H32O3. The Morgan fingerprint density at radius 1 is 0.879 bits per heavy atom. The first-order chi connectivity index (χ1) is 16.3. The molecule has 170 valence electrons. The maximum Gasteiger partial charge on any atom is 0.143 e. The van der Waals surface area contributed by atoms with Gasteiger partial charge in [-0.1, -0.05) is 116 Å². The molecule has 0 radical (unpaired) electrons. The zero-order valence-electron chi connectivity index (χ0n) is 19.0. The minimum Gasteiger partial charge on any atom is -0.386 e. The van der Waals surface area contributed by atoms with Gasteiger partial charge in [-0.3, -0.25) is 0 Å². The fourth-order valence-electron chi connectivity index (χ4n) is 5.33. The number of aliphatic hydroxyl groups excluding tert-OH is 1. The van der Waals surface area contributed by atoms with E-state index in [4.69, 9.17) is 9.47 Å². The van der Waals surface area contributed by atoms with Gasteiger partial charge < -0.3 is 14.6 Å². The zero-order chi connectivity index (χ0) is 22.6. The molecule has 3 atom stereocenters. The summed E-state index contributed by atoms with van der Waals surface area (Å²) in [6, 6.07) is 31.3. The first-order valence-corrected chi connectivity index (χ1v) is 12.1. The van der Waals surface area contributed by atoms with Crippen molar-refractivity contribution in [3.8, 4) is 0 Å². The largest absolute Gasteiger partial charge is 0.386 e. The Balaban J connectivity index is 1.37. The van der Waals surface area contributed by atoms with E-state index in [2.05, 4.69) is 72.8 Å². The van der Waals surface area contributed by atoms with Crippen LogP contribution in [-0.4, -0.2) is 29.5 Å². The summed E-state index contributed by atoms with van der Waals surface area (Å²) in [6.45, 7) is 0.527. The van der Waals surface area contributed by atoms with Gasteiger partial charge in [0.2, 0.25) is 0 Å². The van der Waals surface area contributed by atoms with Crippen LogP contribution in [0.15, 0.2) is 103 Å². The SMILES string of the molecule is O[C@@H](/C=C/CCOC(c1ccccc1)(c1ccccc1)c1ccccc1)[C@@]12CCCCC1O2. The summed E-state index contributed by atoms with van der Waals surface area (Å²) in [6.07, 6.45) is 8.74. The Labute approximate surface area is 196 Å². The number of epoxide rings is 1. The molecule has 0 amide bonds. The number of benzene rings is 3. The van der Waals surface area contributed by atoms with E-state index >= 15 is 0 Å². The topological polar surface area (TPSA) is 42.0 Å². The summed E-state index contributed by atoms with van der Waals surface area (Å²) in [5, 5.41) is 10.7. The smallest absolute Gasteiger partial charge is 0.143 e. The normalized spacial score (nSPS) is 23.2. The summed E-state index contributed by atoms with van der Waals surface area (Å²) in [4.78, 5) is 0. The van der Waals surface area contributed by atoms with Crippen molar-refractivity contribution in [1.82, 2.24) is 0 Å². The van der Waals surface area contributed by atoms with Crippen LogP contribution in [0.25, 0.3) is 0 Å². The van der Waals surface area contributed by atoms with E-state index in [-0.39, 0.29) is 11.7 Å². The van der Waals surface area contributed by atoms with E-state index in [9.17, 15) is 5.11 Å². The maximum absolute atomic E-state index is 10.7. The van der Waals surface area contributed by atoms with Crippen LogP contribution in [0, 0.1) is 0 Å². The molecule has 1 unspecified atom stereocenters. The van der Waals surface area contributed by atoms with Crippen molar-refractivity contribution >= 4 is 0 Å². The summed E-state index contributed by atoms with van der Waals surface area (Å²) in [5.74, 6) is 0. The van der Waals surface area contributed by atoms with Crippen molar-refractivity contribution in [2.24, 2.45) is 0 Å². The van der Waals surface area contributed by atoms with Gasteiger partial charge in [0, 0.05) is 0 Å². The second-order valence-electron chi connectivity index (χ2n) is 9.10. The van der Waals surface area contributed by atoms with E-state index in [1.165, 1.54) is 6.42 Å². The average Bonchev–Trinajstić information content (AvgIpc) is 3.64. The Kier molecular flexibility index (Phi) is 6.45. The van der Waals surface area contributed by atoms with Gasteiger partial charge in [0.05, 0.1) is 12.7 Å². The van der Waals surface area contributed by atoms with Gasteiger partial charge in [-0.15, -0.1) is 0 Å². The van der Waals surface area contributed by atoms with Gasteiger partial charge in [-0.05, 0) is 36.0 Å². The highest BCUT2D eigenvalue weighted by Gasteiger charge is 2.60. The van der Waals surface area contributed by atoms with Crippen molar-refractivity contribution in [1.29, 1.82) is 0 Å². The molecule has 2 aliphatic rings. The monoisotopic (exact) mass is 440 g/mol. The summed E-state index contributed by atoms with van der Waals surface area (Å²) < 4.78 is 12.7. The van der Waals surface area contributed by atoms with Crippen LogP contribution >= 0.6 is 0 Å². The lowest BCUT2D eigenvalue weighted by Gasteiger charge is -2.36. The molecular weight excluding hydrogens is 408 g/mol. The minimum atomic E-state index is -0.705. The van der Waals surface area contributed by atoms with E-state index < -0.39 is 11.7 Å². The third kappa shape index (κ3) is 4.29. The van der Waals surface area contributed by atoms with Gasteiger partial charge in [0.25, 0.3) is 0 Å². The third-order valence-corrected chi connectivity index (χ3v) is 7.10. The molecule has 1 saturated heterocycles. The molecule has 3 aromatic carbocycles. The summed E-state index contributed by atoms with van der Waals surface area (Å²) in [7, 11) is 0. The number of rotatable bonds is 9. The van der Waals surface area contributed by atoms with Crippen molar-refractivity contribution in [3.05, 3.63) is 120 Å². The van der Waals surface area contributed by atoms with Crippen molar-refractivity contribution in [2.45, 2.75) is 55.5 Å². The molecule has 0 aromatic heterocycles. The average molecular weight is 441 g/mol.